The van der Waals surface area contributed by atoms with Crippen molar-refractivity contribution in [1.29, 1.82) is 0 Å². The Balaban J connectivity index is 1.85. The van der Waals surface area contributed by atoms with Gasteiger partial charge in [0.05, 0.1) is 6.10 Å². The Morgan fingerprint density at radius 1 is 1.21 bits per heavy atom. The largest absolute Gasteiger partial charge is 0.378 e. The molecule has 0 aromatic rings. The predicted octanol–water partition coefficient (Wildman–Crippen LogP) is 2.50. The Morgan fingerprint density at radius 3 is 2.71 bits per heavy atom. The first-order chi connectivity index (χ1) is 6.93. The molecular weight excluding hydrogens is 174 g/mol. The molecule has 1 rings (SSSR count). The summed E-state index contributed by atoms with van der Waals surface area (Å²) in [6.45, 7) is 6.91. The third-order valence-electron chi connectivity index (χ3n) is 2.69. The second kappa shape index (κ2) is 8.01. The Hall–Kier alpha value is -0.340. The minimum Gasteiger partial charge on any atom is -0.378 e. The van der Waals surface area contributed by atoms with Crippen molar-refractivity contribution >= 4 is 0 Å². The van der Waals surface area contributed by atoms with Crippen LogP contribution in [0.3, 0.4) is 0 Å². The van der Waals surface area contributed by atoms with Gasteiger partial charge in [0.25, 0.3) is 0 Å². The molecule has 14 heavy (non-hydrogen) atoms. The molecule has 1 fully saturated rings. The van der Waals surface area contributed by atoms with Crippen molar-refractivity contribution < 1.29 is 4.74 Å². The van der Waals surface area contributed by atoms with Crippen molar-refractivity contribution in [1.82, 2.24) is 5.32 Å². The van der Waals surface area contributed by atoms with Crippen LogP contribution in [0.15, 0.2) is 12.7 Å². The summed E-state index contributed by atoms with van der Waals surface area (Å²) in [4.78, 5) is 0. The van der Waals surface area contributed by atoms with Crippen LogP contribution in [0, 0.1) is 0 Å². The minimum atomic E-state index is 0.524. The van der Waals surface area contributed by atoms with E-state index in [0.29, 0.717) is 6.10 Å². The molecule has 1 aliphatic rings. The van der Waals surface area contributed by atoms with E-state index in [1.165, 1.54) is 32.1 Å². The summed E-state index contributed by atoms with van der Waals surface area (Å²) in [5.74, 6) is 0. The van der Waals surface area contributed by atoms with E-state index in [1.54, 1.807) is 0 Å². The Morgan fingerprint density at radius 2 is 2.00 bits per heavy atom. The number of unbranched alkanes of at least 4 members (excludes halogenated alkanes) is 3. The zero-order valence-electron chi connectivity index (χ0n) is 9.13. The third kappa shape index (κ3) is 5.40. The maximum atomic E-state index is 5.80. The van der Waals surface area contributed by atoms with E-state index in [4.69, 9.17) is 4.74 Å². The smallest absolute Gasteiger partial charge is 0.0599 e. The van der Waals surface area contributed by atoms with Crippen LogP contribution in [0.5, 0.6) is 0 Å². The van der Waals surface area contributed by atoms with Gasteiger partial charge in [-0.15, -0.1) is 6.58 Å². The molecule has 82 valence electrons. The summed E-state index contributed by atoms with van der Waals surface area (Å²) < 4.78 is 5.80. The van der Waals surface area contributed by atoms with Crippen molar-refractivity contribution in [2.45, 2.75) is 44.6 Å². The summed E-state index contributed by atoms with van der Waals surface area (Å²) in [6, 6.07) is 0. The van der Waals surface area contributed by atoms with Gasteiger partial charge in [0.2, 0.25) is 0 Å². The fraction of sp³-hybridized carbons (Fsp3) is 0.833. The highest BCUT2D eigenvalue weighted by Gasteiger charge is 2.12. The standard InChI is InChI=1S/C12H23NO/c1-2-3-4-5-6-11-14-12-7-9-13-10-8-12/h2,12-13H,1,3-11H2. The normalized spacial score (nSPS) is 18.3. The van der Waals surface area contributed by atoms with E-state index in [0.717, 1.165) is 26.1 Å². The molecule has 1 aliphatic heterocycles. The number of hydrogen-bond donors (Lipinski definition) is 1. The number of rotatable bonds is 7. The fourth-order valence-electron chi connectivity index (χ4n) is 1.78. The maximum absolute atomic E-state index is 5.80. The molecule has 2 heteroatoms. The molecule has 0 amide bonds. The van der Waals surface area contributed by atoms with Crippen LogP contribution in [-0.2, 0) is 4.74 Å². The van der Waals surface area contributed by atoms with Crippen molar-refractivity contribution in [2.24, 2.45) is 0 Å². The average Bonchev–Trinajstić information content (AvgIpc) is 2.25. The third-order valence-corrected chi connectivity index (χ3v) is 2.69. The fourth-order valence-corrected chi connectivity index (χ4v) is 1.78. The summed E-state index contributed by atoms with van der Waals surface area (Å²) >= 11 is 0. The summed E-state index contributed by atoms with van der Waals surface area (Å²) in [7, 11) is 0. The first-order valence-corrected chi connectivity index (χ1v) is 5.86. The van der Waals surface area contributed by atoms with E-state index in [2.05, 4.69) is 11.9 Å². The Bertz CT molecular complexity index is 141. The first-order valence-electron chi connectivity index (χ1n) is 5.86. The molecule has 2 nitrogen and oxygen atoms in total. The average molecular weight is 197 g/mol. The highest BCUT2D eigenvalue weighted by atomic mass is 16.5. The molecule has 1 N–H and O–H groups in total. The highest BCUT2D eigenvalue weighted by molar-refractivity contribution is 4.68. The molecule has 0 unspecified atom stereocenters. The van der Waals surface area contributed by atoms with Crippen LogP contribution in [0.4, 0.5) is 0 Å². The maximum Gasteiger partial charge on any atom is 0.0599 e. The lowest BCUT2D eigenvalue weighted by Crippen LogP contribution is -2.32. The monoisotopic (exact) mass is 197 g/mol. The van der Waals surface area contributed by atoms with Gasteiger partial charge >= 0.3 is 0 Å². The van der Waals surface area contributed by atoms with Gasteiger partial charge in [0, 0.05) is 6.61 Å². The van der Waals surface area contributed by atoms with E-state index >= 15 is 0 Å². The molecule has 0 aliphatic carbocycles. The molecule has 0 aromatic heterocycles. The van der Waals surface area contributed by atoms with Gasteiger partial charge in [-0.05, 0) is 45.2 Å². The van der Waals surface area contributed by atoms with Crippen LogP contribution >= 0.6 is 0 Å². The molecule has 0 bridgehead atoms. The van der Waals surface area contributed by atoms with Crippen LogP contribution in [0.25, 0.3) is 0 Å². The molecule has 0 saturated carbocycles. The number of ether oxygens (including phenoxy) is 1. The van der Waals surface area contributed by atoms with E-state index in [1.807, 2.05) is 6.08 Å². The van der Waals surface area contributed by atoms with E-state index < -0.39 is 0 Å². The molecule has 1 heterocycles. The molecule has 0 spiro atoms. The van der Waals surface area contributed by atoms with Crippen LogP contribution in [-0.4, -0.2) is 25.8 Å². The molecule has 0 atom stereocenters. The Kier molecular flexibility index (Phi) is 6.71. The van der Waals surface area contributed by atoms with Gasteiger partial charge in [-0.25, -0.2) is 0 Å². The van der Waals surface area contributed by atoms with Gasteiger partial charge in [0.15, 0.2) is 0 Å². The zero-order valence-corrected chi connectivity index (χ0v) is 9.13. The lowest BCUT2D eigenvalue weighted by atomic mass is 10.1. The van der Waals surface area contributed by atoms with Crippen molar-refractivity contribution in [3.63, 3.8) is 0 Å². The van der Waals surface area contributed by atoms with Crippen LogP contribution in [0.1, 0.15) is 38.5 Å². The number of nitrogens with one attached hydrogen (secondary N) is 1. The first kappa shape index (κ1) is 11.7. The molecular formula is C12H23NO. The second-order valence-corrected chi connectivity index (χ2v) is 3.96. The van der Waals surface area contributed by atoms with Crippen molar-refractivity contribution in [3.05, 3.63) is 12.7 Å². The molecule has 0 aromatic carbocycles. The number of hydrogen-bond acceptors (Lipinski definition) is 2. The van der Waals surface area contributed by atoms with E-state index in [-0.39, 0.29) is 0 Å². The summed E-state index contributed by atoms with van der Waals surface area (Å²) in [5.41, 5.74) is 0. The van der Waals surface area contributed by atoms with Crippen molar-refractivity contribution in [2.75, 3.05) is 19.7 Å². The Labute approximate surface area is 87.7 Å². The molecule has 1 saturated heterocycles. The quantitative estimate of drug-likeness (QED) is 0.500. The number of allylic oxidation sites excluding steroid dienone is 1. The predicted molar refractivity (Wildman–Crippen MR) is 60.5 cm³/mol. The van der Waals surface area contributed by atoms with Crippen molar-refractivity contribution in [3.8, 4) is 0 Å². The zero-order chi connectivity index (χ0) is 10.1. The topological polar surface area (TPSA) is 21.3 Å². The second-order valence-electron chi connectivity index (χ2n) is 3.96. The lowest BCUT2D eigenvalue weighted by molar-refractivity contribution is 0.0308. The van der Waals surface area contributed by atoms with Gasteiger partial charge in [-0.2, -0.15) is 0 Å². The van der Waals surface area contributed by atoms with Crippen LogP contribution in [0.2, 0.25) is 0 Å². The van der Waals surface area contributed by atoms with Gasteiger partial charge < -0.3 is 10.1 Å². The minimum absolute atomic E-state index is 0.524. The van der Waals surface area contributed by atoms with Gasteiger partial charge in [-0.1, -0.05) is 12.5 Å². The highest BCUT2D eigenvalue weighted by Crippen LogP contribution is 2.08. The van der Waals surface area contributed by atoms with Crippen LogP contribution < -0.4 is 5.32 Å². The van der Waals surface area contributed by atoms with Gasteiger partial charge in [0.1, 0.15) is 0 Å². The molecule has 0 radical (unpaired) electrons. The summed E-state index contributed by atoms with van der Waals surface area (Å²) in [5, 5.41) is 3.34. The lowest BCUT2D eigenvalue weighted by Gasteiger charge is -2.22. The van der Waals surface area contributed by atoms with E-state index in [9.17, 15) is 0 Å². The van der Waals surface area contributed by atoms with Gasteiger partial charge in [-0.3, -0.25) is 0 Å². The SMILES string of the molecule is C=CCCCCCOC1CCNCC1. The number of piperidine rings is 1. The summed E-state index contributed by atoms with van der Waals surface area (Å²) in [6.07, 6.45) is 9.78.